The molecule has 2 aliphatic carbocycles. The molecule has 5 heteroatoms. The Labute approximate surface area is 175 Å². The van der Waals surface area contributed by atoms with Gasteiger partial charge < -0.3 is 10.3 Å². The summed E-state index contributed by atoms with van der Waals surface area (Å²) in [6, 6.07) is 13.2. The molecule has 0 radical (unpaired) electrons. The van der Waals surface area contributed by atoms with Crippen LogP contribution in [0, 0.1) is 0 Å². The summed E-state index contributed by atoms with van der Waals surface area (Å²) >= 11 is 0. The molecule has 1 unspecified atom stereocenters. The van der Waals surface area contributed by atoms with Gasteiger partial charge in [0.1, 0.15) is 11.8 Å². The molecule has 0 saturated heterocycles. The van der Waals surface area contributed by atoms with Crippen LogP contribution >= 0.6 is 0 Å². The maximum atomic E-state index is 4.55. The van der Waals surface area contributed by atoms with Crippen LogP contribution in [0.25, 0.3) is 16.7 Å². The second-order valence-corrected chi connectivity index (χ2v) is 8.43. The fraction of sp³-hybridized carbons (Fsp3) is 0.240. The minimum absolute atomic E-state index is 0.452. The quantitative estimate of drug-likeness (QED) is 0.504. The van der Waals surface area contributed by atoms with E-state index < -0.39 is 5.54 Å². The van der Waals surface area contributed by atoms with Crippen LogP contribution in [0.3, 0.4) is 0 Å². The van der Waals surface area contributed by atoms with Crippen molar-refractivity contribution in [1.82, 2.24) is 19.9 Å². The SMILES string of the molecule is C=C1c2ccccc2C(C)(Nc2ncnc3nc[nH]c23)c2ccc3c(c21)CCCC3. The van der Waals surface area contributed by atoms with Crippen LogP contribution in [0.1, 0.15) is 53.1 Å². The number of aryl methyl sites for hydroxylation is 1. The first kappa shape index (κ1) is 17.4. The molecule has 0 fully saturated rings. The minimum atomic E-state index is -0.452. The van der Waals surface area contributed by atoms with Crippen molar-refractivity contribution in [3.05, 3.63) is 89.0 Å². The van der Waals surface area contributed by atoms with Crippen LogP contribution in [0.5, 0.6) is 0 Å². The molecule has 5 nitrogen and oxygen atoms in total. The van der Waals surface area contributed by atoms with Crippen LogP contribution in [0.4, 0.5) is 5.82 Å². The number of benzene rings is 2. The van der Waals surface area contributed by atoms with Crippen molar-refractivity contribution in [2.45, 2.75) is 38.1 Å². The lowest BCUT2D eigenvalue weighted by Crippen LogP contribution is -2.38. The third kappa shape index (κ3) is 2.32. The zero-order valence-corrected chi connectivity index (χ0v) is 17.0. The van der Waals surface area contributed by atoms with E-state index in [1.165, 1.54) is 46.2 Å². The predicted molar refractivity (Wildman–Crippen MR) is 119 cm³/mol. The molecule has 2 aliphatic rings. The molecule has 148 valence electrons. The second kappa shape index (κ2) is 6.26. The summed E-state index contributed by atoms with van der Waals surface area (Å²) in [5.74, 6) is 0.756. The first-order valence-corrected chi connectivity index (χ1v) is 10.5. The van der Waals surface area contributed by atoms with E-state index >= 15 is 0 Å². The van der Waals surface area contributed by atoms with E-state index in [4.69, 9.17) is 0 Å². The number of aromatic amines is 1. The van der Waals surface area contributed by atoms with E-state index in [0.717, 1.165) is 29.7 Å². The number of aromatic nitrogens is 4. The van der Waals surface area contributed by atoms with Crippen LogP contribution in [-0.4, -0.2) is 19.9 Å². The molecule has 2 N–H and O–H groups in total. The molecule has 1 atom stereocenters. The molecule has 0 aliphatic heterocycles. The van der Waals surface area contributed by atoms with Gasteiger partial charge in [0.25, 0.3) is 0 Å². The summed E-state index contributed by atoms with van der Waals surface area (Å²) in [5.41, 5.74) is 10.1. The largest absolute Gasteiger partial charge is 0.355 e. The highest BCUT2D eigenvalue weighted by molar-refractivity contribution is 5.90. The van der Waals surface area contributed by atoms with Gasteiger partial charge in [0, 0.05) is 0 Å². The number of fused-ring (bicyclic) bond motifs is 5. The zero-order valence-electron chi connectivity index (χ0n) is 17.0. The van der Waals surface area contributed by atoms with Crippen molar-refractivity contribution in [3.63, 3.8) is 0 Å². The standard InChI is InChI=1S/C25H23N5/c1-15-17-8-5-6-10-19(17)25(2,30-24-22-23(27-13-26-22)28-14-29-24)20-12-11-16-7-3-4-9-18(16)21(15)20/h5-6,8,10-14H,1,3-4,7,9H2,2H3,(H2,26,27,28,29,30). The molecule has 2 heterocycles. The van der Waals surface area contributed by atoms with Gasteiger partial charge in [-0.25, -0.2) is 15.0 Å². The Morgan fingerprint density at radius 3 is 2.80 bits per heavy atom. The summed E-state index contributed by atoms with van der Waals surface area (Å²) < 4.78 is 0. The van der Waals surface area contributed by atoms with Gasteiger partial charge in [-0.3, -0.25) is 0 Å². The van der Waals surface area contributed by atoms with Gasteiger partial charge in [0.2, 0.25) is 0 Å². The highest BCUT2D eigenvalue weighted by atomic mass is 15.1. The summed E-state index contributed by atoms with van der Waals surface area (Å²) in [5, 5.41) is 3.76. The fourth-order valence-corrected chi connectivity index (χ4v) is 5.28. The average Bonchev–Trinajstić information content (AvgIpc) is 3.27. The summed E-state index contributed by atoms with van der Waals surface area (Å²) in [7, 11) is 0. The Morgan fingerprint density at radius 1 is 1.00 bits per heavy atom. The predicted octanol–water partition coefficient (Wildman–Crippen LogP) is 4.98. The van der Waals surface area contributed by atoms with Gasteiger partial charge in [0.15, 0.2) is 11.5 Å². The lowest BCUT2D eigenvalue weighted by Gasteiger charge is -2.41. The van der Waals surface area contributed by atoms with E-state index in [-0.39, 0.29) is 0 Å². The van der Waals surface area contributed by atoms with Gasteiger partial charge in [0.05, 0.1) is 11.9 Å². The summed E-state index contributed by atoms with van der Waals surface area (Å²) in [6.45, 7) is 6.80. The molecule has 30 heavy (non-hydrogen) atoms. The van der Waals surface area contributed by atoms with Gasteiger partial charge >= 0.3 is 0 Å². The maximum Gasteiger partial charge on any atom is 0.182 e. The van der Waals surface area contributed by atoms with Crippen LogP contribution in [-0.2, 0) is 18.4 Å². The molecular formula is C25H23N5. The third-order valence-electron chi connectivity index (χ3n) is 6.76. The normalized spacial score (nSPS) is 19.8. The highest BCUT2D eigenvalue weighted by Crippen LogP contribution is 2.48. The summed E-state index contributed by atoms with van der Waals surface area (Å²) in [6.07, 6.45) is 8.01. The molecule has 6 rings (SSSR count). The molecule has 0 spiro atoms. The molecular weight excluding hydrogens is 370 g/mol. The third-order valence-corrected chi connectivity index (χ3v) is 6.76. The Bertz CT molecular complexity index is 1320. The van der Waals surface area contributed by atoms with E-state index in [1.54, 1.807) is 12.7 Å². The first-order chi connectivity index (χ1) is 14.7. The Hall–Kier alpha value is -3.47. The van der Waals surface area contributed by atoms with Gasteiger partial charge in [-0.1, -0.05) is 43.0 Å². The van der Waals surface area contributed by atoms with Crippen LogP contribution in [0.2, 0.25) is 0 Å². The monoisotopic (exact) mass is 393 g/mol. The smallest absolute Gasteiger partial charge is 0.182 e. The number of anilines is 1. The van der Waals surface area contributed by atoms with Crippen molar-refractivity contribution in [1.29, 1.82) is 0 Å². The van der Waals surface area contributed by atoms with Crippen molar-refractivity contribution >= 4 is 22.6 Å². The van der Waals surface area contributed by atoms with E-state index in [0.29, 0.717) is 5.65 Å². The number of hydrogen-bond acceptors (Lipinski definition) is 4. The average molecular weight is 393 g/mol. The highest BCUT2D eigenvalue weighted by Gasteiger charge is 2.40. The van der Waals surface area contributed by atoms with Crippen LogP contribution in [0.15, 0.2) is 55.6 Å². The van der Waals surface area contributed by atoms with Crippen molar-refractivity contribution in [2.24, 2.45) is 0 Å². The van der Waals surface area contributed by atoms with Gasteiger partial charge in [-0.2, -0.15) is 0 Å². The lowest BCUT2D eigenvalue weighted by atomic mass is 9.68. The van der Waals surface area contributed by atoms with Gasteiger partial charge in [-0.05, 0) is 71.6 Å². The topological polar surface area (TPSA) is 66.5 Å². The van der Waals surface area contributed by atoms with Crippen LogP contribution < -0.4 is 5.32 Å². The Balaban J connectivity index is 1.62. The Morgan fingerprint density at radius 2 is 1.87 bits per heavy atom. The maximum absolute atomic E-state index is 4.55. The molecule has 0 amide bonds. The number of hydrogen-bond donors (Lipinski definition) is 2. The first-order valence-electron chi connectivity index (χ1n) is 10.5. The fourth-order valence-electron chi connectivity index (χ4n) is 5.28. The number of imidazole rings is 1. The molecule has 4 aromatic rings. The molecule has 0 saturated carbocycles. The van der Waals surface area contributed by atoms with Crippen molar-refractivity contribution in [3.8, 4) is 0 Å². The Kier molecular flexibility index (Phi) is 3.63. The zero-order chi connectivity index (χ0) is 20.3. The van der Waals surface area contributed by atoms with E-state index in [9.17, 15) is 0 Å². The number of nitrogens with one attached hydrogen (secondary N) is 2. The number of H-pyrrole nitrogens is 1. The molecule has 0 bridgehead atoms. The summed E-state index contributed by atoms with van der Waals surface area (Å²) in [4.78, 5) is 16.3. The van der Waals surface area contributed by atoms with E-state index in [1.807, 2.05) is 0 Å². The number of rotatable bonds is 2. The second-order valence-electron chi connectivity index (χ2n) is 8.43. The van der Waals surface area contributed by atoms with Crippen molar-refractivity contribution < 1.29 is 0 Å². The molecule has 2 aromatic heterocycles. The molecule has 2 aromatic carbocycles. The van der Waals surface area contributed by atoms with Crippen molar-refractivity contribution in [2.75, 3.05) is 5.32 Å². The number of nitrogens with zero attached hydrogens (tertiary/aromatic N) is 3. The lowest BCUT2D eigenvalue weighted by molar-refractivity contribution is 0.633. The van der Waals surface area contributed by atoms with Gasteiger partial charge in [-0.15, -0.1) is 0 Å². The van der Waals surface area contributed by atoms with E-state index in [2.05, 4.69) is 75.2 Å². The minimum Gasteiger partial charge on any atom is -0.355 e.